The number of unbranched alkanes of at least 4 members (excludes halogenated alkanes) is 31. The van der Waals surface area contributed by atoms with Crippen LogP contribution in [0.25, 0.3) is 0 Å². The molecule has 0 aromatic carbocycles. The fourth-order valence-electron chi connectivity index (χ4n) is 5.73. The zero-order valence-corrected chi connectivity index (χ0v) is 26.3. The lowest BCUT2D eigenvalue weighted by atomic mass is 10.0. The highest BCUT2D eigenvalue weighted by molar-refractivity contribution is 5.75. The third kappa shape index (κ3) is 33.5. The van der Waals surface area contributed by atoms with Crippen LogP contribution < -0.4 is 11.3 Å². The van der Waals surface area contributed by atoms with E-state index in [0.717, 1.165) is 12.8 Å². The van der Waals surface area contributed by atoms with E-state index < -0.39 is 0 Å². The molecule has 1 amide bonds. The highest BCUT2D eigenvalue weighted by Gasteiger charge is 1.99. The Morgan fingerprint density at radius 3 is 0.737 bits per heavy atom. The molecule has 0 rings (SSSR count). The average molecular weight is 537 g/mol. The van der Waals surface area contributed by atoms with Gasteiger partial charge in [-0.3, -0.25) is 10.2 Å². The van der Waals surface area contributed by atoms with E-state index in [-0.39, 0.29) is 5.91 Å². The minimum absolute atomic E-state index is 0.0319. The molecule has 3 N–H and O–H groups in total. The second kappa shape index (κ2) is 34.5. The Morgan fingerprint density at radius 2 is 0.553 bits per heavy atom. The van der Waals surface area contributed by atoms with Crippen LogP contribution >= 0.6 is 0 Å². The standard InChI is InChI=1S/C35H72N2O/c1-2-3-4-5-6-7-8-9-10-11-12-13-14-15-16-17-18-19-20-21-22-23-24-25-26-27-28-29-30-31-32-33-34-35(38)37-36/h2-34,36H2,1H3,(H,37,38). The van der Waals surface area contributed by atoms with E-state index in [9.17, 15) is 4.79 Å². The van der Waals surface area contributed by atoms with Gasteiger partial charge in [-0.1, -0.05) is 206 Å². The largest absolute Gasteiger partial charge is 0.294 e. The van der Waals surface area contributed by atoms with Crippen LogP contribution in [0.5, 0.6) is 0 Å². The SMILES string of the molecule is CCCCCCCCCCCCCCCCCCCCCCCCCCCCCCCCCCC(=O)NN. The number of carbonyl (C=O) groups is 1. The molecule has 228 valence electrons. The molecule has 0 aromatic heterocycles. The van der Waals surface area contributed by atoms with Crippen LogP contribution in [0.1, 0.15) is 219 Å². The predicted octanol–water partition coefficient (Wildman–Crippen LogP) is 11.9. The summed E-state index contributed by atoms with van der Waals surface area (Å²) in [4.78, 5) is 11.0. The second-order valence-corrected chi connectivity index (χ2v) is 12.3. The van der Waals surface area contributed by atoms with Gasteiger partial charge in [0.25, 0.3) is 0 Å². The lowest BCUT2D eigenvalue weighted by molar-refractivity contribution is -0.121. The fourth-order valence-corrected chi connectivity index (χ4v) is 5.73. The van der Waals surface area contributed by atoms with Gasteiger partial charge in [0.15, 0.2) is 0 Å². The van der Waals surface area contributed by atoms with Crippen LogP contribution in [-0.2, 0) is 4.79 Å². The minimum atomic E-state index is -0.0319. The summed E-state index contributed by atoms with van der Waals surface area (Å²) in [6, 6.07) is 0. The maximum atomic E-state index is 11.0. The van der Waals surface area contributed by atoms with Gasteiger partial charge in [0.05, 0.1) is 0 Å². The Hall–Kier alpha value is -0.570. The van der Waals surface area contributed by atoms with Crippen molar-refractivity contribution < 1.29 is 4.79 Å². The Balaban J connectivity index is 3.03. The molecule has 3 heteroatoms. The molecule has 0 heterocycles. The van der Waals surface area contributed by atoms with Crippen molar-refractivity contribution >= 4 is 5.91 Å². The number of nitrogens with one attached hydrogen (secondary N) is 1. The quantitative estimate of drug-likeness (QED) is 0.0379. The molecule has 0 atom stereocenters. The monoisotopic (exact) mass is 537 g/mol. The van der Waals surface area contributed by atoms with E-state index in [1.807, 2.05) is 0 Å². The van der Waals surface area contributed by atoms with Crippen molar-refractivity contribution in [1.29, 1.82) is 0 Å². The first-order chi connectivity index (χ1) is 18.8. The topological polar surface area (TPSA) is 55.1 Å². The summed E-state index contributed by atoms with van der Waals surface area (Å²) in [5.41, 5.74) is 2.20. The zero-order valence-electron chi connectivity index (χ0n) is 26.3. The molecular weight excluding hydrogens is 464 g/mol. The minimum Gasteiger partial charge on any atom is -0.294 e. The van der Waals surface area contributed by atoms with E-state index >= 15 is 0 Å². The van der Waals surface area contributed by atoms with Gasteiger partial charge in [0.2, 0.25) is 5.91 Å². The van der Waals surface area contributed by atoms with Crippen LogP contribution in [0.15, 0.2) is 0 Å². The van der Waals surface area contributed by atoms with E-state index in [1.54, 1.807) is 0 Å². The normalized spacial score (nSPS) is 11.3. The number of hydrogen-bond donors (Lipinski definition) is 2. The van der Waals surface area contributed by atoms with Gasteiger partial charge in [-0.15, -0.1) is 0 Å². The highest BCUT2D eigenvalue weighted by atomic mass is 16.2. The maximum absolute atomic E-state index is 11.0. The predicted molar refractivity (Wildman–Crippen MR) is 170 cm³/mol. The van der Waals surface area contributed by atoms with Crippen LogP contribution in [-0.4, -0.2) is 5.91 Å². The van der Waals surface area contributed by atoms with E-state index in [2.05, 4.69) is 12.3 Å². The summed E-state index contributed by atoms with van der Waals surface area (Å²) < 4.78 is 0. The fraction of sp³-hybridized carbons (Fsp3) is 0.971. The molecule has 0 unspecified atom stereocenters. The second-order valence-electron chi connectivity index (χ2n) is 12.3. The van der Waals surface area contributed by atoms with Gasteiger partial charge in [0.1, 0.15) is 0 Å². The summed E-state index contributed by atoms with van der Waals surface area (Å²) in [6.45, 7) is 2.30. The Bertz CT molecular complexity index is 440. The average Bonchev–Trinajstić information content (AvgIpc) is 2.93. The third-order valence-electron chi connectivity index (χ3n) is 8.42. The van der Waals surface area contributed by atoms with E-state index in [4.69, 9.17) is 5.84 Å². The summed E-state index contributed by atoms with van der Waals surface area (Å²) in [6.07, 6.45) is 46.1. The first-order valence-corrected chi connectivity index (χ1v) is 17.8. The molecule has 3 nitrogen and oxygen atoms in total. The lowest BCUT2D eigenvalue weighted by Crippen LogP contribution is -2.29. The number of hydrazine groups is 1. The number of nitrogens with two attached hydrogens (primary N) is 1. The van der Waals surface area contributed by atoms with Gasteiger partial charge in [-0.25, -0.2) is 5.84 Å². The summed E-state index contributed by atoms with van der Waals surface area (Å²) >= 11 is 0. The van der Waals surface area contributed by atoms with Gasteiger partial charge in [0, 0.05) is 6.42 Å². The highest BCUT2D eigenvalue weighted by Crippen LogP contribution is 2.16. The Morgan fingerprint density at radius 1 is 0.368 bits per heavy atom. The summed E-state index contributed by atoms with van der Waals surface area (Å²) in [5, 5.41) is 0. The Kier molecular flexibility index (Phi) is 33.9. The molecule has 0 aliphatic carbocycles. The van der Waals surface area contributed by atoms with Gasteiger partial charge in [-0.05, 0) is 6.42 Å². The van der Waals surface area contributed by atoms with Crippen LogP contribution in [0.4, 0.5) is 0 Å². The molecule has 0 aliphatic rings. The molecule has 0 spiro atoms. The van der Waals surface area contributed by atoms with Gasteiger partial charge >= 0.3 is 0 Å². The van der Waals surface area contributed by atoms with E-state index in [1.165, 1.54) is 193 Å². The smallest absolute Gasteiger partial charge is 0.233 e. The van der Waals surface area contributed by atoms with Crippen molar-refractivity contribution in [2.75, 3.05) is 0 Å². The molecule has 0 saturated heterocycles. The molecular formula is C35H72N2O. The number of rotatable bonds is 33. The Labute approximate surface area is 240 Å². The molecule has 0 aromatic rings. The number of hydrogen-bond acceptors (Lipinski definition) is 2. The van der Waals surface area contributed by atoms with Crippen molar-refractivity contribution in [3.8, 4) is 0 Å². The third-order valence-corrected chi connectivity index (χ3v) is 8.42. The van der Waals surface area contributed by atoms with Crippen molar-refractivity contribution in [3.05, 3.63) is 0 Å². The lowest BCUT2D eigenvalue weighted by Gasteiger charge is -2.05. The first kappa shape index (κ1) is 37.4. The summed E-state index contributed by atoms with van der Waals surface area (Å²) in [5.74, 6) is 5.06. The number of amides is 1. The van der Waals surface area contributed by atoms with Gasteiger partial charge in [-0.2, -0.15) is 0 Å². The molecule has 0 fully saturated rings. The summed E-state index contributed by atoms with van der Waals surface area (Å²) in [7, 11) is 0. The molecule has 38 heavy (non-hydrogen) atoms. The van der Waals surface area contributed by atoms with Crippen molar-refractivity contribution in [2.24, 2.45) is 5.84 Å². The van der Waals surface area contributed by atoms with Gasteiger partial charge < -0.3 is 0 Å². The van der Waals surface area contributed by atoms with Crippen molar-refractivity contribution in [2.45, 2.75) is 219 Å². The van der Waals surface area contributed by atoms with Crippen LogP contribution in [0, 0.1) is 0 Å². The van der Waals surface area contributed by atoms with Crippen LogP contribution in [0.2, 0.25) is 0 Å². The van der Waals surface area contributed by atoms with Crippen molar-refractivity contribution in [1.82, 2.24) is 5.43 Å². The van der Waals surface area contributed by atoms with E-state index in [0.29, 0.717) is 6.42 Å². The van der Waals surface area contributed by atoms with Crippen LogP contribution in [0.3, 0.4) is 0 Å². The molecule has 0 radical (unpaired) electrons. The molecule has 0 aliphatic heterocycles. The first-order valence-electron chi connectivity index (χ1n) is 17.8. The maximum Gasteiger partial charge on any atom is 0.233 e. The molecule has 0 bridgehead atoms. The van der Waals surface area contributed by atoms with Crippen molar-refractivity contribution in [3.63, 3.8) is 0 Å². The molecule has 0 saturated carbocycles. The zero-order chi connectivity index (χ0) is 27.6. The number of carbonyl (C=O) groups excluding carboxylic acids is 1.